The van der Waals surface area contributed by atoms with Crippen LogP contribution in [0.25, 0.3) is 0 Å². The highest BCUT2D eigenvalue weighted by Crippen LogP contribution is 2.30. The fraction of sp³-hybridized carbons (Fsp3) is 0.333. The van der Waals surface area contributed by atoms with Crippen molar-refractivity contribution < 1.29 is 4.21 Å². The van der Waals surface area contributed by atoms with Gasteiger partial charge in [-0.05, 0) is 18.4 Å². The van der Waals surface area contributed by atoms with Crippen LogP contribution in [-0.4, -0.2) is 20.6 Å². The summed E-state index contributed by atoms with van der Waals surface area (Å²) in [6, 6.07) is 10.1. The van der Waals surface area contributed by atoms with Crippen molar-refractivity contribution in [3.05, 3.63) is 30.3 Å². The van der Waals surface area contributed by atoms with Gasteiger partial charge in [-0.15, -0.1) is 11.8 Å². The van der Waals surface area contributed by atoms with Crippen LogP contribution in [0.4, 0.5) is 0 Å². The van der Waals surface area contributed by atoms with Gasteiger partial charge < -0.3 is 0 Å². The second-order valence-electron chi connectivity index (χ2n) is 2.45. The Morgan fingerprint density at radius 1 is 1.31 bits per heavy atom. The second-order valence-corrected chi connectivity index (χ2v) is 6.94. The summed E-state index contributed by atoms with van der Waals surface area (Å²) in [5, 5.41) is 0. The third-order valence-corrected chi connectivity index (χ3v) is 6.46. The Morgan fingerprint density at radius 3 is 2.38 bits per heavy atom. The van der Waals surface area contributed by atoms with Crippen LogP contribution in [0.15, 0.2) is 35.2 Å². The normalized spacial score (nSPS) is 15.2. The molecule has 0 amide bonds. The summed E-state index contributed by atoms with van der Waals surface area (Å²) < 4.78 is 11.4. The maximum Gasteiger partial charge on any atom is 0.129 e. The third kappa shape index (κ3) is 3.75. The highest BCUT2D eigenvalue weighted by Gasteiger charge is 2.11. The summed E-state index contributed by atoms with van der Waals surface area (Å²) >= 11 is 3.30. The maximum atomic E-state index is 11.2. The van der Waals surface area contributed by atoms with E-state index in [-0.39, 0.29) is 3.91 Å². The first-order chi connectivity index (χ1) is 6.24. The molecular formula is C9H12OS3. The molecule has 0 saturated heterocycles. The highest BCUT2D eigenvalue weighted by molar-refractivity contribution is 8.28. The number of benzene rings is 1. The molecule has 0 saturated carbocycles. The van der Waals surface area contributed by atoms with Gasteiger partial charge in [0.05, 0.1) is 0 Å². The van der Waals surface area contributed by atoms with Gasteiger partial charge in [-0.2, -0.15) is 0 Å². The lowest BCUT2D eigenvalue weighted by Gasteiger charge is -2.10. The molecule has 1 nitrogen and oxygen atoms in total. The minimum absolute atomic E-state index is 0.141. The molecule has 0 aromatic heterocycles. The average Bonchev–Trinajstić information content (AvgIpc) is 2.15. The summed E-state index contributed by atoms with van der Waals surface area (Å²) in [7, 11) is -0.778. The molecule has 1 aromatic carbocycles. The van der Waals surface area contributed by atoms with E-state index in [1.807, 2.05) is 36.6 Å². The first-order valence-electron chi connectivity index (χ1n) is 3.81. The molecule has 0 heterocycles. The van der Waals surface area contributed by atoms with E-state index in [9.17, 15) is 4.21 Å². The van der Waals surface area contributed by atoms with E-state index in [0.717, 1.165) is 0 Å². The zero-order chi connectivity index (χ0) is 9.68. The quantitative estimate of drug-likeness (QED) is 0.587. The summed E-state index contributed by atoms with van der Waals surface area (Å²) in [5.74, 6) is 0. The molecule has 0 fully saturated rings. The molecule has 0 radical (unpaired) electrons. The fourth-order valence-electron chi connectivity index (χ4n) is 0.862. The molecule has 13 heavy (non-hydrogen) atoms. The molecule has 2 atom stereocenters. The standard InChI is InChI=1S/C9H12OS3/c1-11-9(13(2)10)12-8-6-4-3-5-7-8/h3-7,9H,1-2H3. The lowest BCUT2D eigenvalue weighted by molar-refractivity contribution is 0.689. The zero-order valence-electron chi connectivity index (χ0n) is 7.60. The van der Waals surface area contributed by atoms with Crippen LogP contribution in [0.3, 0.4) is 0 Å². The molecule has 72 valence electrons. The van der Waals surface area contributed by atoms with E-state index in [1.54, 1.807) is 29.8 Å². The highest BCUT2D eigenvalue weighted by atomic mass is 32.3. The number of hydrogen-bond donors (Lipinski definition) is 0. The summed E-state index contributed by atoms with van der Waals surface area (Å²) in [6.45, 7) is 0. The fourth-order valence-corrected chi connectivity index (χ4v) is 4.08. The minimum atomic E-state index is -0.778. The van der Waals surface area contributed by atoms with Crippen molar-refractivity contribution in [2.45, 2.75) is 8.81 Å². The Bertz CT molecular complexity index is 273. The number of rotatable bonds is 4. The van der Waals surface area contributed by atoms with Crippen molar-refractivity contribution in [2.24, 2.45) is 0 Å². The second kappa shape index (κ2) is 5.73. The van der Waals surface area contributed by atoms with Crippen LogP contribution in [0.2, 0.25) is 0 Å². The largest absolute Gasteiger partial charge is 0.258 e. The Morgan fingerprint density at radius 2 is 1.92 bits per heavy atom. The average molecular weight is 232 g/mol. The lowest BCUT2D eigenvalue weighted by atomic mass is 10.4. The van der Waals surface area contributed by atoms with Gasteiger partial charge >= 0.3 is 0 Å². The van der Waals surface area contributed by atoms with Gasteiger partial charge in [0.2, 0.25) is 0 Å². The smallest absolute Gasteiger partial charge is 0.129 e. The van der Waals surface area contributed by atoms with Gasteiger partial charge in [0.1, 0.15) is 3.91 Å². The van der Waals surface area contributed by atoms with Gasteiger partial charge in [0.25, 0.3) is 0 Å². The van der Waals surface area contributed by atoms with E-state index < -0.39 is 10.8 Å². The summed E-state index contributed by atoms with van der Waals surface area (Å²) in [6.07, 6.45) is 3.74. The van der Waals surface area contributed by atoms with Crippen LogP contribution in [0, 0.1) is 0 Å². The van der Waals surface area contributed by atoms with Crippen molar-refractivity contribution in [2.75, 3.05) is 12.5 Å². The van der Waals surface area contributed by atoms with Crippen molar-refractivity contribution in [1.29, 1.82) is 0 Å². The van der Waals surface area contributed by atoms with E-state index >= 15 is 0 Å². The van der Waals surface area contributed by atoms with E-state index in [1.165, 1.54) is 4.90 Å². The van der Waals surface area contributed by atoms with Crippen molar-refractivity contribution in [3.8, 4) is 0 Å². The number of hydrogen-bond acceptors (Lipinski definition) is 3. The lowest BCUT2D eigenvalue weighted by Crippen LogP contribution is -2.02. The zero-order valence-corrected chi connectivity index (χ0v) is 10.0. The van der Waals surface area contributed by atoms with Crippen LogP contribution in [0.5, 0.6) is 0 Å². The topological polar surface area (TPSA) is 17.1 Å². The molecule has 2 unspecified atom stereocenters. The van der Waals surface area contributed by atoms with Gasteiger partial charge in [-0.3, -0.25) is 4.21 Å². The molecule has 0 bridgehead atoms. The van der Waals surface area contributed by atoms with Gasteiger partial charge in [0.15, 0.2) is 0 Å². The molecule has 1 rings (SSSR count). The van der Waals surface area contributed by atoms with Crippen molar-refractivity contribution in [3.63, 3.8) is 0 Å². The summed E-state index contributed by atoms with van der Waals surface area (Å²) in [4.78, 5) is 1.18. The van der Waals surface area contributed by atoms with Crippen molar-refractivity contribution in [1.82, 2.24) is 0 Å². The van der Waals surface area contributed by atoms with Crippen molar-refractivity contribution >= 4 is 34.3 Å². The minimum Gasteiger partial charge on any atom is -0.258 e. The van der Waals surface area contributed by atoms with Gasteiger partial charge in [-0.1, -0.05) is 30.0 Å². The summed E-state index contributed by atoms with van der Waals surface area (Å²) in [5.41, 5.74) is 0. The molecular weight excluding hydrogens is 220 g/mol. The Balaban J connectivity index is 2.62. The molecule has 0 N–H and O–H groups in total. The number of thioether (sulfide) groups is 2. The molecule has 4 heteroatoms. The molecule has 1 aromatic rings. The predicted octanol–water partition coefficient (Wildman–Crippen LogP) is 2.80. The van der Waals surface area contributed by atoms with Crippen LogP contribution in [-0.2, 0) is 10.8 Å². The van der Waals surface area contributed by atoms with Crippen LogP contribution in [0.1, 0.15) is 0 Å². The first-order valence-corrected chi connectivity index (χ1v) is 7.59. The Kier molecular flexibility index (Phi) is 4.91. The SMILES string of the molecule is CSC(Sc1ccccc1)S(C)=O. The monoisotopic (exact) mass is 232 g/mol. The molecule has 0 aliphatic rings. The maximum absolute atomic E-state index is 11.2. The van der Waals surface area contributed by atoms with Crippen LogP contribution >= 0.6 is 23.5 Å². The van der Waals surface area contributed by atoms with E-state index in [4.69, 9.17) is 0 Å². The Hall–Kier alpha value is 0.0700. The molecule has 0 spiro atoms. The first kappa shape index (κ1) is 11.1. The van der Waals surface area contributed by atoms with Gasteiger partial charge in [-0.25, -0.2) is 0 Å². The Labute approximate surface area is 90.1 Å². The van der Waals surface area contributed by atoms with Gasteiger partial charge in [0, 0.05) is 22.0 Å². The molecule has 0 aliphatic carbocycles. The molecule has 0 aliphatic heterocycles. The van der Waals surface area contributed by atoms with Crippen LogP contribution < -0.4 is 0 Å². The van der Waals surface area contributed by atoms with E-state index in [0.29, 0.717) is 0 Å². The van der Waals surface area contributed by atoms with E-state index in [2.05, 4.69) is 0 Å². The predicted molar refractivity (Wildman–Crippen MR) is 63.7 cm³/mol. The third-order valence-electron chi connectivity index (χ3n) is 1.44.